The third-order valence-electron chi connectivity index (χ3n) is 5.36. The van der Waals surface area contributed by atoms with Gasteiger partial charge in [-0.25, -0.2) is 24.4 Å². The Morgan fingerprint density at radius 3 is 2.94 bits per heavy atom. The minimum Gasteiger partial charge on any atom is -0.465 e. The Morgan fingerprint density at radius 1 is 1.42 bits per heavy atom. The molecule has 33 heavy (non-hydrogen) atoms. The monoisotopic (exact) mass is 469 g/mol. The molecule has 170 valence electrons. The number of benzene rings is 1. The summed E-state index contributed by atoms with van der Waals surface area (Å²) in [6.45, 7) is 2.46. The molecule has 2 aromatic heterocycles. The van der Waals surface area contributed by atoms with Gasteiger partial charge in [-0.3, -0.25) is 4.79 Å². The van der Waals surface area contributed by atoms with Crippen molar-refractivity contribution in [1.82, 2.24) is 24.9 Å². The SMILES string of the molecule is C[C@H](Nc1ncnc(N)c1C#N)c1nc2cccc(Cl)c2c(=O)n1N1CCC(NC(=O)O)C1. The number of nitrogens with one attached hydrogen (secondary N) is 2. The number of aromatic nitrogens is 4. The molecule has 0 spiro atoms. The molecule has 12 nitrogen and oxygen atoms in total. The molecule has 0 bridgehead atoms. The molecule has 4 rings (SSSR count). The van der Waals surface area contributed by atoms with Gasteiger partial charge < -0.3 is 26.5 Å². The Labute approximate surface area is 192 Å². The minimum atomic E-state index is -1.13. The summed E-state index contributed by atoms with van der Waals surface area (Å²) in [5, 5.41) is 26.3. The van der Waals surface area contributed by atoms with Crippen molar-refractivity contribution in [3.8, 4) is 6.07 Å². The fraction of sp³-hybridized carbons (Fsp3) is 0.300. The summed E-state index contributed by atoms with van der Waals surface area (Å²) in [6.07, 6.45) is 0.616. The molecule has 1 aliphatic rings. The van der Waals surface area contributed by atoms with Crippen LogP contribution < -0.4 is 26.9 Å². The minimum absolute atomic E-state index is 0.0278. The molecule has 1 saturated heterocycles. The zero-order chi connectivity index (χ0) is 23.7. The quantitative estimate of drug-likeness (QED) is 0.427. The number of carbonyl (C=O) groups is 1. The Hall–Kier alpha value is -4.11. The van der Waals surface area contributed by atoms with Gasteiger partial charge in [0.2, 0.25) is 0 Å². The molecular weight excluding hydrogens is 450 g/mol. The molecule has 1 aromatic carbocycles. The van der Waals surface area contributed by atoms with Crippen molar-refractivity contribution in [2.45, 2.75) is 25.4 Å². The maximum atomic E-state index is 13.6. The molecule has 5 N–H and O–H groups in total. The molecule has 0 saturated carbocycles. The lowest BCUT2D eigenvalue weighted by Crippen LogP contribution is -2.46. The van der Waals surface area contributed by atoms with E-state index in [0.29, 0.717) is 24.3 Å². The van der Waals surface area contributed by atoms with E-state index in [-0.39, 0.29) is 45.8 Å². The van der Waals surface area contributed by atoms with E-state index in [1.165, 1.54) is 11.0 Å². The second-order valence-corrected chi connectivity index (χ2v) is 7.94. The number of carboxylic acid groups (broad SMARTS) is 1. The topological polar surface area (TPSA) is 175 Å². The van der Waals surface area contributed by atoms with Crippen LogP contribution in [0.2, 0.25) is 5.02 Å². The average molecular weight is 470 g/mol. The Balaban J connectivity index is 1.81. The van der Waals surface area contributed by atoms with Crippen molar-refractivity contribution in [2.75, 3.05) is 29.1 Å². The lowest BCUT2D eigenvalue weighted by Gasteiger charge is -2.27. The first-order valence-electron chi connectivity index (χ1n) is 10.0. The van der Waals surface area contributed by atoms with Crippen LogP contribution in [0.4, 0.5) is 16.4 Å². The second-order valence-electron chi connectivity index (χ2n) is 7.53. The second kappa shape index (κ2) is 8.79. The summed E-state index contributed by atoms with van der Waals surface area (Å²) in [6, 6.07) is 6.03. The van der Waals surface area contributed by atoms with Gasteiger partial charge in [0, 0.05) is 6.54 Å². The first kappa shape index (κ1) is 22.1. The van der Waals surface area contributed by atoms with Gasteiger partial charge in [-0.05, 0) is 25.5 Å². The standard InChI is InChI=1S/C20H20ClN9O3/c1-10(26-17-12(7-22)16(23)24-9-25-17)18-28-14-4-2-3-13(21)15(14)19(31)30(18)29-6-5-11(8-29)27-20(32)33/h2-4,9-11,27H,5-6,8H2,1H3,(H,32,33)(H3,23,24,25,26)/t10-,11?/m0/s1. The van der Waals surface area contributed by atoms with E-state index in [1.807, 2.05) is 6.07 Å². The lowest BCUT2D eigenvalue weighted by atomic mass is 10.2. The molecule has 1 fully saturated rings. The van der Waals surface area contributed by atoms with Gasteiger partial charge in [0.1, 0.15) is 29.6 Å². The first-order valence-corrected chi connectivity index (χ1v) is 10.4. The average Bonchev–Trinajstić information content (AvgIpc) is 3.20. The highest BCUT2D eigenvalue weighted by molar-refractivity contribution is 6.35. The Morgan fingerprint density at radius 2 is 2.21 bits per heavy atom. The number of anilines is 2. The van der Waals surface area contributed by atoms with E-state index in [0.717, 1.165) is 0 Å². The van der Waals surface area contributed by atoms with Crippen molar-refractivity contribution >= 4 is 40.2 Å². The molecule has 1 aliphatic heterocycles. The molecule has 3 aromatic rings. The Kier molecular flexibility index (Phi) is 5.89. The highest BCUT2D eigenvalue weighted by atomic mass is 35.5. The van der Waals surface area contributed by atoms with Gasteiger partial charge in [0.25, 0.3) is 5.56 Å². The molecule has 0 aliphatic carbocycles. The van der Waals surface area contributed by atoms with Crippen molar-refractivity contribution in [3.05, 3.63) is 51.3 Å². The summed E-state index contributed by atoms with van der Waals surface area (Å²) in [5.41, 5.74) is 5.89. The Bertz CT molecular complexity index is 1340. The summed E-state index contributed by atoms with van der Waals surface area (Å²) in [4.78, 5) is 37.2. The summed E-state index contributed by atoms with van der Waals surface area (Å²) in [5.74, 6) is 0.572. The highest BCUT2D eigenvalue weighted by Gasteiger charge is 2.29. The molecule has 13 heteroatoms. The molecule has 0 radical (unpaired) electrons. The largest absolute Gasteiger partial charge is 0.465 e. The third-order valence-corrected chi connectivity index (χ3v) is 5.67. The van der Waals surface area contributed by atoms with Crippen molar-refractivity contribution in [3.63, 3.8) is 0 Å². The van der Waals surface area contributed by atoms with Crippen molar-refractivity contribution in [2.24, 2.45) is 0 Å². The third kappa shape index (κ3) is 4.18. The number of fused-ring (bicyclic) bond motifs is 1. The maximum absolute atomic E-state index is 13.6. The van der Waals surface area contributed by atoms with Gasteiger partial charge in [0.15, 0.2) is 5.82 Å². The van der Waals surface area contributed by atoms with Crippen molar-refractivity contribution in [1.29, 1.82) is 5.26 Å². The molecule has 1 unspecified atom stereocenters. The number of halogens is 1. The number of nitrogen functional groups attached to an aromatic ring is 1. The number of hydrogen-bond acceptors (Lipinski definition) is 9. The van der Waals surface area contributed by atoms with Crippen LogP contribution in [-0.2, 0) is 0 Å². The van der Waals surface area contributed by atoms with Gasteiger partial charge in [-0.1, -0.05) is 17.7 Å². The van der Waals surface area contributed by atoms with Gasteiger partial charge in [-0.15, -0.1) is 0 Å². The van der Waals surface area contributed by atoms with Gasteiger partial charge in [0.05, 0.1) is 34.6 Å². The molecule has 2 atom stereocenters. The predicted molar refractivity (Wildman–Crippen MR) is 122 cm³/mol. The highest BCUT2D eigenvalue weighted by Crippen LogP contribution is 2.25. The zero-order valence-electron chi connectivity index (χ0n) is 17.5. The van der Waals surface area contributed by atoms with Crippen LogP contribution in [-0.4, -0.2) is 50.0 Å². The summed E-state index contributed by atoms with van der Waals surface area (Å²) in [7, 11) is 0. The van der Waals surface area contributed by atoms with Crippen LogP contribution in [0.5, 0.6) is 0 Å². The van der Waals surface area contributed by atoms with Crippen LogP contribution in [0.15, 0.2) is 29.3 Å². The van der Waals surface area contributed by atoms with Crippen LogP contribution in [0.3, 0.4) is 0 Å². The van der Waals surface area contributed by atoms with Crippen LogP contribution >= 0.6 is 11.6 Å². The van der Waals surface area contributed by atoms with Gasteiger partial charge in [-0.2, -0.15) is 5.26 Å². The van der Waals surface area contributed by atoms with E-state index in [2.05, 4.69) is 25.6 Å². The molecule has 1 amide bonds. The molecular formula is C20H20ClN9O3. The van der Waals surface area contributed by atoms with E-state index in [1.54, 1.807) is 30.1 Å². The first-order chi connectivity index (χ1) is 15.8. The van der Waals surface area contributed by atoms with Crippen molar-refractivity contribution < 1.29 is 9.90 Å². The van der Waals surface area contributed by atoms with Gasteiger partial charge >= 0.3 is 6.09 Å². The van der Waals surface area contributed by atoms with Crippen LogP contribution in [0, 0.1) is 11.3 Å². The predicted octanol–water partition coefficient (Wildman–Crippen LogP) is 1.44. The number of nitrogens with zero attached hydrogens (tertiary/aromatic N) is 6. The smallest absolute Gasteiger partial charge is 0.404 e. The molecule has 3 heterocycles. The fourth-order valence-corrected chi connectivity index (χ4v) is 4.11. The lowest BCUT2D eigenvalue weighted by molar-refractivity contribution is 0.190. The summed E-state index contributed by atoms with van der Waals surface area (Å²) < 4.78 is 1.41. The van der Waals surface area contributed by atoms with E-state index in [4.69, 9.17) is 22.4 Å². The van der Waals surface area contributed by atoms with Crippen LogP contribution in [0.25, 0.3) is 10.9 Å². The number of hydrogen-bond donors (Lipinski definition) is 4. The van der Waals surface area contributed by atoms with E-state index in [9.17, 15) is 14.9 Å². The fourth-order valence-electron chi connectivity index (χ4n) is 3.86. The zero-order valence-corrected chi connectivity index (χ0v) is 18.2. The number of amides is 1. The number of rotatable bonds is 5. The van der Waals surface area contributed by atoms with E-state index >= 15 is 0 Å². The van der Waals surface area contributed by atoms with E-state index < -0.39 is 12.1 Å². The number of nitrogens with two attached hydrogens (primary N) is 1. The summed E-state index contributed by atoms with van der Waals surface area (Å²) >= 11 is 6.31. The maximum Gasteiger partial charge on any atom is 0.404 e. The number of nitriles is 1. The normalized spacial score (nSPS) is 16.4. The van der Waals surface area contributed by atoms with Crippen LogP contribution in [0.1, 0.15) is 30.8 Å².